The van der Waals surface area contributed by atoms with Crippen LogP contribution in [0.2, 0.25) is 0 Å². The van der Waals surface area contributed by atoms with Crippen LogP contribution in [-0.2, 0) is 14.3 Å². The molecule has 3 heterocycles. The summed E-state index contributed by atoms with van der Waals surface area (Å²) in [5.74, 6) is 0.214. The molecule has 3 saturated heterocycles. The fourth-order valence-electron chi connectivity index (χ4n) is 4.25. The Labute approximate surface area is 144 Å². The molecule has 0 bridgehead atoms. The first-order chi connectivity index (χ1) is 11.5. The van der Waals surface area contributed by atoms with Gasteiger partial charge in [0, 0.05) is 45.4 Å². The topological polar surface area (TPSA) is 53.1 Å². The summed E-state index contributed by atoms with van der Waals surface area (Å²) in [5.41, 5.74) is -0.592. The van der Waals surface area contributed by atoms with Crippen molar-refractivity contribution in [2.24, 2.45) is 0 Å². The fourth-order valence-corrected chi connectivity index (χ4v) is 4.25. The maximum absolute atomic E-state index is 13.2. The van der Waals surface area contributed by atoms with Crippen molar-refractivity contribution in [1.29, 1.82) is 0 Å². The second-order valence-electron chi connectivity index (χ2n) is 7.37. The van der Waals surface area contributed by atoms with E-state index in [0.717, 1.165) is 25.9 Å². The molecule has 134 valence electrons. The molecule has 3 aliphatic rings. The Morgan fingerprint density at radius 1 is 1.42 bits per heavy atom. The summed E-state index contributed by atoms with van der Waals surface area (Å²) in [4.78, 5) is 32.0. The zero-order chi connectivity index (χ0) is 17.3. The van der Waals surface area contributed by atoms with E-state index in [4.69, 9.17) is 4.74 Å². The van der Waals surface area contributed by atoms with Crippen molar-refractivity contribution in [2.45, 2.75) is 50.8 Å². The summed E-state index contributed by atoms with van der Waals surface area (Å²) in [6, 6.07) is 0.183. The standard InChI is InChI=1S/C18H29N3O3/c1-4-8-20-10-11-21(14(2)3)17(23)18(20)7-9-19(13-18)16(22)15-6-5-12-24-15/h4,14-15H,1,5-13H2,2-3H3/t15-,18-/m0/s1. The molecule has 2 atom stereocenters. The van der Waals surface area contributed by atoms with Crippen molar-refractivity contribution in [3.8, 4) is 0 Å². The molecular formula is C18H29N3O3. The van der Waals surface area contributed by atoms with Gasteiger partial charge in [0.15, 0.2) is 0 Å². The number of piperazine rings is 1. The van der Waals surface area contributed by atoms with Crippen LogP contribution in [0.4, 0.5) is 0 Å². The Morgan fingerprint density at radius 3 is 2.83 bits per heavy atom. The van der Waals surface area contributed by atoms with Gasteiger partial charge in [-0.25, -0.2) is 0 Å². The van der Waals surface area contributed by atoms with Gasteiger partial charge in [0.2, 0.25) is 5.91 Å². The molecule has 6 nitrogen and oxygen atoms in total. The van der Waals surface area contributed by atoms with Gasteiger partial charge in [-0.05, 0) is 33.1 Å². The lowest BCUT2D eigenvalue weighted by Crippen LogP contribution is -2.68. The van der Waals surface area contributed by atoms with Crippen molar-refractivity contribution in [3.05, 3.63) is 12.7 Å². The zero-order valence-corrected chi connectivity index (χ0v) is 14.9. The molecular weight excluding hydrogens is 306 g/mol. The highest BCUT2D eigenvalue weighted by Gasteiger charge is 2.54. The van der Waals surface area contributed by atoms with E-state index in [0.29, 0.717) is 32.7 Å². The van der Waals surface area contributed by atoms with E-state index >= 15 is 0 Å². The summed E-state index contributed by atoms with van der Waals surface area (Å²) < 4.78 is 5.55. The smallest absolute Gasteiger partial charge is 0.251 e. The average molecular weight is 335 g/mol. The SMILES string of the molecule is C=CCN1CCN(C(C)C)C(=O)[C@@]12CCN(C(=O)[C@@H]1CCCO1)C2. The number of nitrogens with zero attached hydrogens (tertiary/aromatic N) is 3. The molecule has 24 heavy (non-hydrogen) atoms. The van der Waals surface area contributed by atoms with Crippen LogP contribution in [0, 0.1) is 0 Å². The van der Waals surface area contributed by atoms with E-state index in [-0.39, 0.29) is 24.0 Å². The number of hydrogen-bond donors (Lipinski definition) is 0. The lowest BCUT2D eigenvalue weighted by Gasteiger charge is -2.48. The summed E-state index contributed by atoms with van der Waals surface area (Å²) >= 11 is 0. The van der Waals surface area contributed by atoms with Crippen LogP contribution >= 0.6 is 0 Å². The predicted molar refractivity (Wildman–Crippen MR) is 91.5 cm³/mol. The third-order valence-electron chi connectivity index (χ3n) is 5.61. The van der Waals surface area contributed by atoms with Crippen LogP contribution in [0.25, 0.3) is 0 Å². The van der Waals surface area contributed by atoms with E-state index in [2.05, 4.69) is 25.3 Å². The molecule has 6 heteroatoms. The quantitative estimate of drug-likeness (QED) is 0.716. The van der Waals surface area contributed by atoms with Crippen molar-refractivity contribution < 1.29 is 14.3 Å². The van der Waals surface area contributed by atoms with E-state index in [1.807, 2.05) is 15.9 Å². The molecule has 3 fully saturated rings. The molecule has 3 rings (SSSR count). The minimum atomic E-state index is -0.592. The molecule has 0 N–H and O–H groups in total. The predicted octanol–water partition coefficient (Wildman–Crippen LogP) is 0.875. The van der Waals surface area contributed by atoms with Gasteiger partial charge in [0.1, 0.15) is 11.6 Å². The lowest BCUT2D eigenvalue weighted by atomic mass is 9.90. The molecule has 0 saturated carbocycles. The first-order valence-electron chi connectivity index (χ1n) is 9.07. The summed E-state index contributed by atoms with van der Waals surface area (Å²) in [6.07, 6.45) is 3.97. The normalized spacial score (nSPS) is 31.5. The van der Waals surface area contributed by atoms with Crippen molar-refractivity contribution in [3.63, 3.8) is 0 Å². The third-order valence-corrected chi connectivity index (χ3v) is 5.61. The van der Waals surface area contributed by atoms with E-state index in [9.17, 15) is 9.59 Å². The van der Waals surface area contributed by atoms with Crippen LogP contribution in [0.15, 0.2) is 12.7 Å². The van der Waals surface area contributed by atoms with Crippen LogP contribution in [-0.4, -0.2) is 83.5 Å². The summed E-state index contributed by atoms with van der Waals surface area (Å²) in [6.45, 7) is 12.0. The number of likely N-dealkylation sites (tertiary alicyclic amines) is 1. The summed E-state index contributed by atoms with van der Waals surface area (Å²) in [5, 5.41) is 0. The second kappa shape index (κ2) is 6.84. The van der Waals surface area contributed by atoms with E-state index in [1.165, 1.54) is 0 Å². The number of ether oxygens (including phenoxy) is 1. The van der Waals surface area contributed by atoms with Gasteiger partial charge in [-0.3, -0.25) is 14.5 Å². The van der Waals surface area contributed by atoms with Crippen molar-refractivity contribution in [1.82, 2.24) is 14.7 Å². The van der Waals surface area contributed by atoms with Crippen LogP contribution < -0.4 is 0 Å². The highest BCUT2D eigenvalue weighted by Crippen LogP contribution is 2.34. The highest BCUT2D eigenvalue weighted by atomic mass is 16.5. The maximum atomic E-state index is 13.2. The number of amides is 2. The van der Waals surface area contributed by atoms with Gasteiger partial charge < -0.3 is 14.5 Å². The van der Waals surface area contributed by atoms with Crippen LogP contribution in [0.3, 0.4) is 0 Å². The Kier molecular flexibility index (Phi) is 4.97. The van der Waals surface area contributed by atoms with Crippen LogP contribution in [0.1, 0.15) is 33.1 Å². The van der Waals surface area contributed by atoms with Gasteiger partial charge in [-0.2, -0.15) is 0 Å². The number of carbonyl (C=O) groups is 2. The van der Waals surface area contributed by atoms with Gasteiger partial charge in [-0.1, -0.05) is 6.08 Å². The summed E-state index contributed by atoms with van der Waals surface area (Å²) in [7, 11) is 0. The number of hydrogen-bond acceptors (Lipinski definition) is 4. The van der Waals surface area contributed by atoms with Gasteiger partial charge >= 0.3 is 0 Å². The molecule has 0 radical (unpaired) electrons. The molecule has 3 aliphatic heterocycles. The fraction of sp³-hybridized carbons (Fsp3) is 0.778. The first kappa shape index (κ1) is 17.4. The Balaban J connectivity index is 1.80. The molecule has 0 aromatic heterocycles. The monoisotopic (exact) mass is 335 g/mol. The Bertz CT molecular complexity index is 516. The van der Waals surface area contributed by atoms with E-state index < -0.39 is 5.54 Å². The molecule has 0 aromatic carbocycles. The number of rotatable bonds is 4. The first-order valence-corrected chi connectivity index (χ1v) is 9.07. The number of carbonyl (C=O) groups excluding carboxylic acids is 2. The highest BCUT2D eigenvalue weighted by molar-refractivity contribution is 5.90. The minimum absolute atomic E-state index is 0.0531. The largest absolute Gasteiger partial charge is 0.368 e. The molecule has 0 unspecified atom stereocenters. The van der Waals surface area contributed by atoms with E-state index in [1.54, 1.807) is 0 Å². The molecule has 1 spiro atoms. The molecule has 2 amide bonds. The Hall–Kier alpha value is -1.40. The van der Waals surface area contributed by atoms with Crippen LogP contribution in [0.5, 0.6) is 0 Å². The molecule has 0 aliphatic carbocycles. The van der Waals surface area contributed by atoms with Gasteiger partial charge in [0.05, 0.1) is 0 Å². The average Bonchev–Trinajstić information content (AvgIpc) is 3.22. The Morgan fingerprint density at radius 2 is 2.21 bits per heavy atom. The van der Waals surface area contributed by atoms with Crippen molar-refractivity contribution >= 4 is 11.8 Å². The lowest BCUT2D eigenvalue weighted by molar-refractivity contribution is -0.153. The zero-order valence-electron chi connectivity index (χ0n) is 14.9. The van der Waals surface area contributed by atoms with Gasteiger partial charge in [-0.15, -0.1) is 6.58 Å². The van der Waals surface area contributed by atoms with Gasteiger partial charge in [0.25, 0.3) is 5.91 Å². The third kappa shape index (κ3) is 2.86. The van der Waals surface area contributed by atoms with Crippen molar-refractivity contribution in [2.75, 3.05) is 39.3 Å². The second-order valence-corrected chi connectivity index (χ2v) is 7.37. The maximum Gasteiger partial charge on any atom is 0.251 e. The molecule has 0 aromatic rings. The minimum Gasteiger partial charge on any atom is -0.368 e.